The van der Waals surface area contributed by atoms with Crippen molar-refractivity contribution in [3.8, 4) is 0 Å². The van der Waals surface area contributed by atoms with Crippen LogP contribution >= 0.6 is 0 Å². The molecule has 4 heterocycles. The Labute approximate surface area is 172 Å². The second-order valence-corrected chi connectivity index (χ2v) is 9.77. The number of nitrogens with one attached hydrogen (secondary N) is 1. The third-order valence-electron chi connectivity index (χ3n) is 7.75. The molecule has 158 valence electrons. The van der Waals surface area contributed by atoms with Crippen molar-refractivity contribution >= 4 is 11.8 Å². The maximum atomic E-state index is 12.9. The number of aromatic nitrogens is 1. The van der Waals surface area contributed by atoms with E-state index in [1.54, 1.807) is 0 Å². The number of carbonyl (C=O) groups is 2. The Morgan fingerprint density at radius 3 is 2.79 bits per heavy atom. The molecule has 3 aliphatic heterocycles. The summed E-state index contributed by atoms with van der Waals surface area (Å²) in [6.45, 7) is 8.80. The number of nitrogens with zero attached hydrogens (tertiary/aromatic N) is 3. The van der Waals surface area contributed by atoms with Crippen LogP contribution in [0.2, 0.25) is 0 Å². The lowest BCUT2D eigenvalue weighted by atomic mass is 9.75. The molecule has 1 saturated carbocycles. The average Bonchev–Trinajstić information content (AvgIpc) is 3.20. The Hall–Kier alpha value is -1.89. The molecule has 5 rings (SSSR count). The van der Waals surface area contributed by atoms with Crippen LogP contribution in [-0.4, -0.2) is 65.0 Å². The first-order valence-corrected chi connectivity index (χ1v) is 11.3. The smallest absolute Gasteiger partial charge is 0.276 e. The Kier molecular flexibility index (Phi) is 4.68. The van der Waals surface area contributed by atoms with Gasteiger partial charge in [-0.1, -0.05) is 25.4 Å². The van der Waals surface area contributed by atoms with E-state index in [-0.39, 0.29) is 23.3 Å². The van der Waals surface area contributed by atoms with Crippen molar-refractivity contribution < 1.29 is 14.1 Å². The Balaban J connectivity index is 1.23. The summed E-state index contributed by atoms with van der Waals surface area (Å²) >= 11 is 0. The highest BCUT2D eigenvalue weighted by Crippen LogP contribution is 2.44. The monoisotopic (exact) mass is 400 g/mol. The van der Waals surface area contributed by atoms with Crippen LogP contribution < -0.4 is 5.32 Å². The van der Waals surface area contributed by atoms with E-state index >= 15 is 0 Å². The number of fused-ring (bicyclic) bond motifs is 2. The van der Waals surface area contributed by atoms with Gasteiger partial charge < -0.3 is 19.6 Å². The fourth-order valence-electron chi connectivity index (χ4n) is 5.58. The highest BCUT2D eigenvalue weighted by atomic mass is 16.5. The van der Waals surface area contributed by atoms with E-state index in [1.807, 2.05) is 11.0 Å². The molecular formula is C22H32N4O3. The van der Waals surface area contributed by atoms with Gasteiger partial charge in [-0.3, -0.25) is 9.59 Å². The molecule has 2 amide bonds. The second-order valence-electron chi connectivity index (χ2n) is 9.77. The lowest BCUT2D eigenvalue weighted by Crippen LogP contribution is -2.56. The van der Waals surface area contributed by atoms with Gasteiger partial charge in [-0.05, 0) is 31.6 Å². The molecular weight excluding hydrogens is 368 g/mol. The lowest BCUT2D eigenvalue weighted by molar-refractivity contribution is -0.123. The molecule has 0 unspecified atom stereocenters. The van der Waals surface area contributed by atoms with E-state index in [0.717, 1.165) is 51.1 Å². The first-order valence-electron chi connectivity index (χ1n) is 11.3. The topological polar surface area (TPSA) is 78.7 Å². The summed E-state index contributed by atoms with van der Waals surface area (Å²) in [6.07, 6.45) is 5.09. The zero-order valence-electron chi connectivity index (χ0n) is 17.5. The van der Waals surface area contributed by atoms with Crippen molar-refractivity contribution in [2.24, 2.45) is 17.8 Å². The van der Waals surface area contributed by atoms with Crippen LogP contribution in [0.4, 0.5) is 0 Å². The number of amides is 2. The van der Waals surface area contributed by atoms with Gasteiger partial charge in [0.1, 0.15) is 5.76 Å². The van der Waals surface area contributed by atoms with Gasteiger partial charge in [-0.2, -0.15) is 0 Å². The molecule has 1 aliphatic carbocycles. The summed E-state index contributed by atoms with van der Waals surface area (Å²) in [5, 5.41) is 7.36. The zero-order chi connectivity index (χ0) is 20.2. The molecule has 1 aromatic rings. The first-order chi connectivity index (χ1) is 14.0. The fraction of sp³-hybridized carbons (Fsp3) is 0.773. The van der Waals surface area contributed by atoms with Gasteiger partial charge in [-0.15, -0.1) is 0 Å². The van der Waals surface area contributed by atoms with Crippen molar-refractivity contribution in [2.75, 3.05) is 32.7 Å². The molecule has 0 radical (unpaired) electrons. The van der Waals surface area contributed by atoms with Crippen molar-refractivity contribution in [3.63, 3.8) is 0 Å². The number of hydrogen-bond donors (Lipinski definition) is 1. The van der Waals surface area contributed by atoms with Crippen LogP contribution in [0.3, 0.4) is 0 Å². The van der Waals surface area contributed by atoms with Crippen molar-refractivity contribution in [3.05, 3.63) is 17.5 Å². The van der Waals surface area contributed by atoms with Gasteiger partial charge in [0.15, 0.2) is 5.69 Å². The summed E-state index contributed by atoms with van der Waals surface area (Å²) in [6, 6.07) is 1.82. The minimum absolute atomic E-state index is 0.0406. The standard InChI is InChI=1S/C22H32N4O3/c1-3-14(2)11-25-12-16-17(13-25)22(23-20(16)27)6-8-26(9-7-22)21(28)18-10-19(29-24-18)15-4-5-15/h10,14-17H,3-9,11-13H2,1-2H3,(H,23,27)/t14-,16-,17+/m1/s1. The van der Waals surface area contributed by atoms with Gasteiger partial charge in [0.25, 0.3) is 5.91 Å². The van der Waals surface area contributed by atoms with Crippen LogP contribution in [0.1, 0.15) is 68.1 Å². The van der Waals surface area contributed by atoms with Crippen LogP contribution in [0.25, 0.3) is 0 Å². The van der Waals surface area contributed by atoms with Gasteiger partial charge in [-0.25, -0.2) is 0 Å². The van der Waals surface area contributed by atoms with Crippen LogP contribution in [0.15, 0.2) is 10.6 Å². The summed E-state index contributed by atoms with van der Waals surface area (Å²) in [4.78, 5) is 29.9. The summed E-state index contributed by atoms with van der Waals surface area (Å²) in [5.41, 5.74) is 0.280. The van der Waals surface area contributed by atoms with E-state index < -0.39 is 0 Å². The van der Waals surface area contributed by atoms with E-state index in [0.29, 0.717) is 36.5 Å². The second kappa shape index (κ2) is 7.11. The summed E-state index contributed by atoms with van der Waals surface area (Å²) in [5.74, 6) is 2.62. The van der Waals surface area contributed by atoms with Gasteiger partial charge in [0, 0.05) is 56.2 Å². The fourth-order valence-corrected chi connectivity index (χ4v) is 5.58. The number of piperidine rings is 1. The van der Waals surface area contributed by atoms with Crippen molar-refractivity contribution in [2.45, 2.75) is 57.4 Å². The normalized spacial score (nSPS) is 29.9. The minimum atomic E-state index is -0.147. The molecule has 4 aliphatic rings. The van der Waals surface area contributed by atoms with E-state index in [2.05, 4.69) is 29.2 Å². The van der Waals surface area contributed by atoms with Gasteiger partial charge >= 0.3 is 0 Å². The Bertz CT molecular complexity index is 794. The molecule has 0 aromatic carbocycles. The molecule has 3 saturated heterocycles. The molecule has 0 bridgehead atoms. The third kappa shape index (κ3) is 3.37. The maximum absolute atomic E-state index is 12.9. The van der Waals surface area contributed by atoms with Crippen LogP contribution in [0.5, 0.6) is 0 Å². The number of likely N-dealkylation sites (tertiary alicyclic amines) is 2. The molecule has 1 N–H and O–H groups in total. The Morgan fingerprint density at radius 1 is 1.34 bits per heavy atom. The third-order valence-corrected chi connectivity index (χ3v) is 7.75. The van der Waals surface area contributed by atoms with Crippen molar-refractivity contribution in [1.29, 1.82) is 0 Å². The zero-order valence-corrected chi connectivity index (χ0v) is 17.5. The molecule has 1 aromatic heterocycles. The summed E-state index contributed by atoms with van der Waals surface area (Å²) in [7, 11) is 0. The number of hydrogen-bond acceptors (Lipinski definition) is 5. The van der Waals surface area contributed by atoms with Crippen LogP contribution in [0, 0.1) is 17.8 Å². The summed E-state index contributed by atoms with van der Waals surface area (Å²) < 4.78 is 5.36. The highest BCUT2D eigenvalue weighted by Gasteiger charge is 2.57. The quantitative estimate of drug-likeness (QED) is 0.820. The minimum Gasteiger partial charge on any atom is -0.360 e. The van der Waals surface area contributed by atoms with Crippen molar-refractivity contribution in [1.82, 2.24) is 20.3 Å². The average molecular weight is 401 g/mol. The van der Waals surface area contributed by atoms with E-state index in [1.165, 1.54) is 6.42 Å². The lowest BCUT2D eigenvalue weighted by Gasteiger charge is -2.42. The molecule has 3 atom stereocenters. The molecule has 7 nitrogen and oxygen atoms in total. The number of carbonyl (C=O) groups excluding carboxylic acids is 2. The van der Waals surface area contributed by atoms with Gasteiger partial charge in [0.05, 0.1) is 5.92 Å². The molecule has 1 spiro atoms. The molecule has 4 fully saturated rings. The first kappa shape index (κ1) is 19.1. The highest BCUT2D eigenvalue weighted by molar-refractivity contribution is 5.92. The maximum Gasteiger partial charge on any atom is 0.276 e. The van der Waals surface area contributed by atoms with E-state index in [4.69, 9.17) is 4.52 Å². The largest absolute Gasteiger partial charge is 0.360 e. The predicted molar refractivity (Wildman–Crippen MR) is 107 cm³/mol. The van der Waals surface area contributed by atoms with E-state index in [9.17, 15) is 9.59 Å². The molecule has 29 heavy (non-hydrogen) atoms. The molecule has 7 heteroatoms. The Morgan fingerprint density at radius 2 is 2.10 bits per heavy atom. The van der Waals surface area contributed by atoms with Crippen LogP contribution in [-0.2, 0) is 4.79 Å². The number of rotatable bonds is 5. The predicted octanol–water partition coefficient (Wildman–Crippen LogP) is 2.25. The SMILES string of the molecule is CC[C@@H](C)CN1C[C@H]2C(=O)NC3(CCN(C(=O)c4cc(C5CC5)on4)CC3)[C@H]2C1. The van der Waals surface area contributed by atoms with Gasteiger partial charge in [0.2, 0.25) is 5.91 Å².